The Hall–Kier alpha value is -2.41. The van der Waals surface area contributed by atoms with E-state index in [2.05, 4.69) is 15.4 Å². The summed E-state index contributed by atoms with van der Waals surface area (Å²) in [5.74, 6) is 0.307. The van der Waals surface area contributed by atoms with Crippen LogP contribution in [0.3, 0.4) is 0 Å². The van der Waals surface area contributed by atoms with Crippen LogP contribution in [-0.2, 0) is 16.3 Å². The van der Waals surface area contributed by atoms with Gasteiger partial charge in [-0.05, 0) is 31.5 Å². The zero-order valence-corrected chi connectivity index (χ0v) is 14.1. The molecule has 0 aliphatic carbocycles. The summed E-state index contributed by atoms with van der Waals surface area (Å²) < 4.78 is 27.7. The summed E-state index contributed by atoms with van der Waals surface area (Å²) >= 11 is 0. The van der Waals surface area contributed by atoms with Gasteiger partial charge in [0.05, 0.1) is 4.90 Å². The molecule has 7 heteroatoms. The lowest BCUT2D eigenvalue weighted by Crippen LogP contribution is -2.06. The molecular weight excluding hydrogens is 312 g/mol. The first kappa shape index (κ1) is 15.5. The van der Waals surface area contributed by atoms with Crippen LogP contribution in [0, 0.1) is 6.92 Å². The van der Waals surface area contributed by atoms with E-state index >= 15 is 0 Å². The van der Waals surface area contributed by atoms with Crippen molar-refractivity contribution in [3.63, 3.8) is 0 Å². The minimum atomic E-state index is -3.72. The molecule has 120 valence electrons. The second-order valence-corrected chi connectivity index (χ2v) is 7.11. The largest absolute Gasteiger partial charge is 0.370 e. The van der Waals surface area contributed by atoms with Gasteiger partial charge in [0.15, 0.2) is 16.4 Å². The molecule has 0 radical (unpaired) electrons. The van der Waals surface area contributed by atoms with Gasteiger partial charge in [-0.25, -0.2) is 17.9 Å². The fraction of sp³-hybridized carbons (Fsp3) is 0.250. The fourth-order valence-corrected chi connectivity index (χ4v) is 4.10. The molecule has 1 N–H and O–H groups in total. The third-order valence-electron chi connectivity index (χ3n) is 3.67. The predicted molar refractivity (Wildman–Crippen MR) is 88.5 cm³/mol. The monoisotopic (exact) mass is 330 g/mol. The predicted octanol–water partition coefficient (Wildman–Crippen LogP) is 2.47. The van der Waals surface area contributed by atoms with Crippen molar-refractivity contribution in [1.29, 1.82) is 0 Å². The lowest BCUT2D eigenvalue weighted by Gasteiger charge is -2.06. The summed E-state index contributed by atoms with van der Waals surface area (Å²) in [4.78, 5) is 4.77. The van der Waals surface area contributed by atoms with Crippen molar-refractivity contribution in [1.82, 2.24) is 14.6 Å². The van der Waals surface area contributed by atoms with Crippen LogP contribution < -0.4 is 5.32 Å². The van der Waals surface area contributed by atoms with Gasteiger partial charge in [-0.2, -0.15) is 0 Å². The maximum absolute atomic E-state index is 13.1. The van der Waals surface area contributed by atoms with Crippen LogP contribution in [0.15, 0.2) is 46.2 Å². The highest BCUT2D eigenvalue weighted by molar-refractivity contribution is 7.91. The number of sulfone groups is 1. The summed E-state index contributed by atoms with van der Waals surface area (Å²) in [5.41, 5.74) is 2.04. The van der Waals surface area contributed by atoms with E-state index in [1.165, 1.54) is 0 Å². The van der Waals surface area contributed by atoms with E-state index in [-0.39, 0.29) is 9.79 Å². The number of hydrogen-bond donors (Lipinski definition) is 1. The van der Waals surface area contributed by atoms with E-state index in [4.69, 9.17) is 0 Å². The van der Waals surface area contributed by atoms with Crippen molar-refractivity contribution in [3.05, 3.63) is 47.8 Å². The number of fused-ring (bicyclic) bond motifs is 1. The third-order valence-corrected chi connectivity index (χ3v) is 5.48. The SMILES string of the molecule is CCc1cc(C)nc2c(S(=O)(=O)c3ccccc3)c(NC)nn12. The number of benzene rings is 1. The Morgan fingerprint density at radius 1 is 1.22 bits per heavy atom. The molecule has 0 fully saturated rings. The van der Waals surface area contributed by atoms with Crippen molar-refractivity contribution in [3.8, 4) is 0 Å². The molecule has 6 nitrogen and oxygen atoms in total. The summed E-state index contributed by atoms with van der Waals surface area (Å²) in [5, 5.41) is 7.28. The molecule has 0 amide bonds. The van der Waals surface area contributed by atoms with E-state index in [9.17, 15) is 8.42 Å². The summed E-state index contributed by atoms with van der Waals surface area (Å²) in [6.07, 6.45) is 0.732. The van der Waals surface area contributed by atoms with Crippen LogP contribution in [0.25, 0.3) is 5.65 Å². The number of aromatic nitrogens is 3. The number of nitrogens with one attached hydrogen (secondary N) is 1. The van der Waals surface area contributed by atoms with Gasteiger partial charge < -0.3 is 5.32 Å². The smallest absolute Gasteiger partial charge is 0.214 e. The molecule has 0 bridgehead atoms. The first-order valence-electron chi connectivity index (χ1n) is 7.36. The fourth-order valence-electron chi connectivity index (χ4n) is 2.58. The molecule has 2 heterocycles. The van der Waals surface area contributed by atoms with Gasteiger partial charge >= 0.3 is 0 Å². The summed E-state index contributed by atoms with van der Waals surface area (Å²) in [7, 11) is -2.06. The first-order valence-corrected chi connectivity index (χ1v) is 8.84. The van der Waals surface area contributed by atoms with Crippen LogP contribution in [0.1, 0.15) is 18.3 Å². The number of hydrogen-bond acceptors (Lipinski definition) is 5. The Morgan fingerprint density at radius 2 is 1.91 bits per heavy atom. The number of anilines is 1. The van der Waals surface area contributed by atoms with E-state index in [1.54, 1.807) is 41.9 Å². The maximum atomic E-state index is 13.1. The molecular formula is C16H18N4O2S. The molecule has 2 aromatic heterocycles. The van der Waals surface area contributed by atoms with Crippen molar-refractivity contribution in [2.24, 2.45) is 0 Å². The lowest BCUT2D eigenvalue weighted by atomic mass is 10.3. The minimum absolute atomic E-state index is 0.115. The van der Waals surface area contributed by atoms with Gasteiger partial charge in [-0.1, -0.05) is 25.1 Å². The van der Waals surface area contributed by atoms with Crippen molar-refractivity contribution < 1.29 is 8.42 Å². The Bertz CT molecular complexity index is 963. The number of rotatable bonds is 4. The van der Waals surface area contributed by atoms with E-state index in [1.807, 2.05) is 19.9 Å². The second-order valence-electron chi connectivity index (χ2n) is 5.22. The molecule has 0 atom stereocenters. The summed E-state index contributed by atoms with van der Waals surface area (Å²) in [6.45, 7) is 3.85. The molecule has 0 aliphatic heterocycles. The Balaban J connectivity index is 2.39. The average molecular weight is 330 g/mol. The molecule has 0 aliphatic rings. The molecule has 23 heavy (non-hydrogen) atoms. The minimum Gasteiger partial charge on any atom is -0.370 e. The molecule has 0 saturated carbocycles. The van der Waals surface area contributed by atoms with E-state index in [0.717, 1.165) is 17.8 Å². The van der Waals surface area contributed by atoms with Gasteiger partial charge in [0.1, 0.15) is 0 Å². The van der Waals surface area contributed by atoms with Gasteiger partial charge in [-0.3, -0.25) is 0 Å². The van der Waals surface area contributed by atoms with Gasteiger partial charge in [-0.15, -0.1) is 5.10 Å². The molecule has 3 rings (SSSR count). The Labute approximate surface area is 135 Å². The highest BCUT2D eigenvalue weighted by atomic mass is 32.2. The zero-order valence-electron chi connectivity index (χ0n) is 13.2. The normalized spacial score (nSPS) is 11.8. The second kappa shape index (κ2) is 5.66. The van der Waals surface area contributed by atoms with Crippen LogP contribution >= 0.6 is 0 Å². The van der Waals surface area contributed by atoms with Crippen molar-refractivity contribution in [2.75, 3.05) is 12.4 Å². The van der Waals surface area contributed by atoms with Crippen LogP contribution in [0.5, 0.6) is 0 Å². The first-order chi connectivity index (χ1) is 11.0. The Kier molecular flexibility index (Phi) is 3.81. The number of nitrogens with zero attached hydrogens (tertiary/aromatic N) is 3. The molecule has 1 aromatic carbocycles. The van der Waals surface area contributed by atoms with Crippen LogP contribution in [0.4, 0.5) is 5.82 Å². The third kappa shape index (κ3) is 2.46. The number of aryl methyl sites for hydroxylation is 2. The average Bonchev–Trinajstić information content (AvgIpc) is 2.93. The highest BCUT2D eigenvalue weighted by Gasteiger charge is 2.28. The van der Waals surface area contributed by atoms with E-state index < -0.39 is 9.84 Å². The maximum Gasteiger partial charge on any atom is 0.214 e. The summed E-state index contributed by atoms with van der Waals surface area (Å²) in [6, 6.07) is 10.3. The van der Waals surface area contributed by atoms with Gasteiger partial charge in [0.25, 0.3) is 0 Å². The quantitative estimate of drug-likeness (QED) is 0.795. The Morgan fingerprint density at radius 3 is 2.52 bits per heavy atom. The van der Waals surface area contributed by atoms with Gasteiger partial charge in [0.2, 0.25) is 9.84 Å². The van der Waals surface area contributed by atoms with E-state index in [0.29, 0.717) is 11.5 Å². The van der Waals surface area contributed by atoms with Crippen molar-refractivity contribution in [2.45, 2.75) is 30.1 Å². The van der Waals surface area contributed by atoms with Crippen LogP contribution in [0.2, 0.25) is 0 Å². The lowest BCUT2D eigenvalue weighted by molar-refractivity contribution is 0.597. The topological polar surface area (TPSA) is 76.4 Å². The molecule has 0 spiro atoms. The van der Waals surface area contributed by atoms with Gasteiger partial charge in [0, 0.05) is 18.4 Å². The molecule has 0 saturated heterocycles. The zero-order chi connectivity index (χ0) is 16.6. The van der Waals surface area contributed by atoms with Crippen LogP contribution in [-0.4, -0.2) is 30.1 Å². The van der Waals surface area contributed by atoms with Crippen molar-refractivity contribution >= 4 is 21.3 Å². The standard InChI is InChI=1S/C16H18N4O2S/c1-4-12-10-11(2)18-16-14(15(17-3)19-20(12)16)23(21,22)13-8-6-5-7-9-13/h5-10H,4H2,1-3H3,(H,17,19). The molecule has 0 unspecified atom stereocenters. The highest BCUT2D eigenvalue weighted by Crippen LogP contribution is 2.31. The molecule has 3 aromatic rings.